The highest BCUT2D eigenvalue weighted by Crippen LogP contribution is 2.28. The third-order valence-corrected chi connectivity index (χ3v) is 4.86. The Hall–Kier alpha value is -1.07. The predicted octanol–water partition coefficient (Wildman–Crippen LogP) is 3.06. The van der Waals surface area contributed by atoms with E-state index >= 15 is 0 Å². The quantitative estimate of drug-likeness (QED) is 0.903. The summed E-state index contributed by atoms with van der Waals surface area (Å²) in [6.07, 6.45) is 4.34. The molecule has 1 aliphatic carbocycles. The van der Waals surface area contributed by atoms with E-state index in [2.05, 4.69) is 21.2 Å². The van der Waals surface area contributed by atoms with Crippen molar-refractivity contribution in [2.24, 2.45) is 0 Å². The SMILES string of the molecule is CNC1CCC(N(C)C(=O)c2ccc(Br)cc2OC)CC1. The third-order valence-electron chi connectivity index (χ3n) is 4.37. The van der Waals surface area contributed by atoms with Crippen molar-refractivity contribution in [1.29, 1.82) is 0 Å². The molecular formula is C16H23BrN2O2. The van der Waals surface area contributed by atoms with Gasteiger partial charge in [-0.2, -0.15) is 0 Å². The summed E-state index contributed by atoms with van der Waals surface area (Å²) in [5, 5.41) is 3.32. The molecule has 0 heterocycles. The van der Waals surface area contributed by atoms with Crippen molar-refractivity contribution in [3.8, 4) is 5.75 Å². The Kier molecular flexibility index (Phi) is 5.65. The number of methoxy groups -OCH3 is 1. The highest BCUT2D eigenvalue weighted by atomic mass is 79.9. The number of nitrogens with one attached hydrogen (secondary N) is 1. The van der Waals surface area contributed by atoms with Gasteiger partial charge in [-0.1, -0.05) is 15.9 Å². The van der Waals surface area contributed by atoms with Gasteiger partial charge in [-0.3, -0.25) is 4.79 Å². The number of amides is 1. The topological polar surface area (TPSA) is 41.6 Å². The Labute approximate surface area is 135 Å². The highest BCUT2D eigenvalue weighted by Gasteiger charge is 2.27. The Balaban J connectivity index is 2.09. The Morgan fingerprint density at radius 2 is 2.00 bits per heavy atom. The van der Waals surface area contributed by atoms with Crippen molar-refractivity contribution in [1.82, 2.24) is 10.2 Å². The largest absolute Gasteiger partial charge is 0.496 e. The zero-order chi connectivity index (χ0) is 15.4. The highest BCUT2D eigenvalue weighted by molar-refractivity contribution is 9.10. The molecule has 0 atom stereocenters. The van der Waals surface area contributed by atoms with Crippen molar-refractivity contribution >= 4 is 21.8 Å². The zero-order valence-electron chi connectivity index (χ0n) is 12.9. The first kappa shape index (κ1) is 16.3. The molecule has 2 rings (SSSR count). The molecule has 0 aromatic heterocycles. The minimum Gasteiger partial charge on any atom is -0.496 e. The van der Waals surface area contributed by atoms with E-state index in [0.29, 0.717) is 23.4 Å². The molecule has 0 aliphatic heterocycles. The second-order valence-electron chi connectivity index (χ2n) is 5.55. The maximum atomic E-state index is 12.7. The molecule has 0 spiro atoms. The van der Waals surface area contributed by atoms with Gasteiger partial charge in [0.25, 0.3) is 5.91 Å². The van der Waals surface area contributed by atoms with Gasteiger partial charge in [0.2, 0.25) is 0 Å². The number of carbonyl (C=O) groups excluding carboxylic acids is 1. The van der Waals surface area contributed by atoms with E-state index in [4.69, 9.17) is 4.74 Å². The average Bonchev–Trinajstić information content (AvgIpc) is 2.53. The summed E-state index contributed by atoms with van der Waals surface area (Å²) >= 11 is 3.40. The Bertz CT molecular complexity index is 499. The third kappa shape index (κ3) is 3.77. The molecule has 1 N–H and O–H groups in total. The second-order valence-corrected chi connectivity index (χ2v) is 6.47. The van der Waals surface area contributed by atoms with Crippen LogP contribution in [0.4, 0.5) is 0 Å². The smallest absolute Gasteiger partial charge is 0.257 e. The van der Waals surface area contributed by atoms with Gasteiger partial charge in [0.15, 0.2) is 0 Å². The number of hydrogen-bond donors (Lipinski definition) is 1. The molecule has 0 radical (unpaired) electrons. The van der Waals surface area contributed by atoms with E-state index < -0.39 is 0 Å². The molecule has 1 amide bonds. The van der Waals surface area contributed by atoms with E-state index in [-0.39, 0.29) is 5.91 Å². The molecule has 1 aromatic carbocycles. The lowest BCUT2D eigenvalue weighted by Crippen LogP contribution is -2.42. The number of benzene rings is 1. The molecule has 1 aliphatic rings. The molecule has 5 heteroatoms. The standard InChI is InChI=1S/C16H23BrN2O2/c1-18-12-5-7-13(8-6-12)19(2)16(20)14-9-4-11(17)10-15(14)21-3/h4,9-10,12-13,18H,5-8H2,1-3H3. The van der Waals surface area contributed by atoms with Gasteiger partial charge in [-0.05, 0) is 50.9 Å². The van der Waals surface area contributed by atoms with Gasteiger partial charge >= 0.3 is 0 Å². The molecule has 0 unspecified atom stereocenters. The Morgan fingerprint density at radius 3 is 2.57 bits per heavy atom. The van der Waals surface area contributed by atoms with E-state index in [1.165, 1.54) is 0 Å². The van der Waals surface area contributed by atoms with E-state index in [9.17, 15) is 4.79 Å². The van der Waals surface area contributed by atoms with Crippen LogP contribution >= 0.6 is 15.9 Å². The summed E-state index contributed by atoms with van der Waals surface area (Å²) < 4.78 is 6.24. The van der Waals surface area contributed by atoms with Crippen LogP contribution in [-0.4, -0.2) is 44.1 Å². The molecule has 21 heavy (non-hydrogen) atoms. The van der Waals surface area contributed by atoms with Crippen molar-refractivity contribution in [2.75, 3.05) is 21.2 Å². The van der Waals surface area contributed by atoms with Crippen LogP contribution in [0.15, 0.2) is 22.7 Å². The van der Waals surface area contributed by atoms with Crippen LogP contribution in [0.3, 0.4) is 0 Å². The number of ether oxygens (including phenoxy) is 1. The molecule has 1 saturated carbocycles. The van der Waals surface area contributed by atoms with E-state index in [0.717, 1.165) is 30.2 Å². The van der Waals surface area contributed by atoms with Crippen LogP contribution < -0.4 is 10.1 Å². The molecular weight excluding hydrogens is 332 g/mol. The van der Waals surface area contributed by atoms with Crippen LogP contribution in [0.25, 0.3) is 0 Å². The molecule has 0 bridgehead atoms. The molecule has 4 nitrogen and oxygen atoms in total. The summed E-state index contributed by atoms with van der Waals surface area (Å²) in [6, 6.07) is 6.43. The normalized spacial score (nSPS) is 21.9. The lowest BCUT2D eigenvalue weighted by molar-refractivity contribution is 0.0682. The molecule has 0 saturated heterocycles. The van der Waals surface area contributed by atoms with Crippen LogP contribution in [0.5, 0.6) is 5.75 Å². The van der Waals surface area contributed by atoms with E-state index in [1.807, 2.05) is 37.2 Å². The van der Waals surface area contributed by atoms with Crippen molar-refractivity contribution in [3.63, 3.8) is 0 Å². The summed E-state index contributed by atoms with van der Waals surface area (Å²) in [5.74, 6) is 0.650. The Morgan fingerprint density at radius 1 is 1.33 bits per heavy atom. The molecule has 1 aromatic rings. The van der Waals surface area contributed by atoms with Gasteiger partial charge in [-0.25, -0.2) is 0 Å². The minimum absolute atomic E-state index is 0.0345. The maximum absolute atomic E-state index is 12.7. The van der Waals surface area contributed by atoms with Gasteiger partial charge in [0, 0.05) is 23.6 Å². The summed E-state index contributed by atoms with van der Waals surface area (Å²) in [4.78, 5) is 14.6. The van der Waals surface area contributed by atoms with Crippen LogP contribution in [0.2, 0.25) is 0 Å². The number of hydrogen-bond acceptors (Lipinski definition) is 3. The van der Waals surface area contributed by atoms with Gasteiger partial charge in [-0.15, -0.1) is 0 Å². The fourth-order valence-electron chi connectivity index (χ4n) is 2.95. The lowest BCUT2D eigenvalue weighted by atomic mass is 9.90. The number of nitrogens with zero attached hydrogens (tertiary/aromatic N) is 1. The number of carbonyl (C=O) groups is 1. The van der Waals surface area contributed by atoms with Crippen molar-refractivity contribution in [3.05, 3.63) is 28.2 Å². The summed E-state index contributed by atoms with van der Waals surface area (Å²) in [5.41, 5.74) is 0.624. The van der Waals surface area contributed by atoms with Crippen molar-refractivity contribution < 1.29 is 9.53 Å². The van der Waals surface area contributed by atoms with Gasteiger partial charge in [0.05, 0.1) is 12.7 Å². The lowest BCUT2D eigenvalue weighted by Gasteiger charge is -2.34. The minimum atomic E-state index is 0.0345. The predicted molar refractivity (Wildman–Crippen MR) is 87.9 cm³/mol. The first-order chi connectivity index (χ1) is 10.1. The zero-order valence-corrected chi connectivity index (χ0v) is 14.4. The average molecular weight is 355 g/mol. The molecule has 1 fully saturated rings. The fourth-order valence-corrected chi connectivity index (χ4v) is 3.29. The van der Waals surface area contributed by atoms with Crippen LogP contribution in [-0.2, 0) is 0 Å². The van der Waals surface area contributed by atoms with Crippen LogP contribution in [0.1, 0.15) is 36.0 Å². The monoisotopic (exact) mass is 354 g/mol. The summed E-state index contributed by atoms with van der Waals surface area (Å²) in [6.45, 7) is 0. The first-order valence-corrected chi connectivity index (χ1v) is 8.14. The van der Waals surface area contributed by atoms with Gasteiger partial charge < -0.3 is 15.0 Å². The number of rotatable bonds is 4. The second kappa shape index (κ2) is 7.27. The molecule has 116 valence electrons. The van der Waals surface area contributed by atoms with E-state index in [1.54, 1.807) is 7.11 Å². The fraction of sp³-hybridized carbons (Fsp3) is 0.562. The number of halogens is 1. The first-order valence-electron chi connectivity index (χ1n) is 7.34. The van der Waals surface area contributed by atoms with Crippen LogP contribution in [0, 0.1) is 0 Å². The van der Waals surface area contributed by atoms with Crippen molar-refractivity contribution in [2.45, 2.75) is 37.8 Å². The maximum Gasteiger partial charge on any atom is 0.257 e. The van der Waals surface area contributed by atoms with Gasteiger partial charge in [0.1, 0.15) is 5.75 Å². The summed E-state index contributed by atoms with van der Waals surface area (Å²) in [7, 11) is 5.50.